The van der Waals surface area contributed by atoms with Crippen molar-refractivity contribution in [3.05, 3.63) is 0 Å². The summed E-state index contributed by atoms with van der Waals surface area (Å²) in [5.74, 6) is 0.323. The Morgan fingerprint density at radius 3 is 2.91 bits per heavy atom. The summed E-state index contributed by atoms with van der Waals surface area (Å²) in [4.78, 5) is 11.8. The number of likely N-dealkylation sites (tertiary alicyclic amines) is 1. The van der Waals surface area contributed by atoms with Gasteiger partial charge in [0.2, 0.25) is 0 Å². The minimum Gasteiger partial charge on any atom is -0.465 e. The van der Waals surface area contributed by atoms with Crippen LogP contribution in [0.5, 0.6) is 0 Å². The zero-order valence-electron chi connectivity index (χ0n) is 5.95. The van der Waals surface area contributed by atoms with Crippen LogP contribution in [0.4, 0.5) is 4.79 Å². The highest BCUT2D eigenvalue weighted by Crippen LogP contribution is 2.57. The van der Waals surface area contributed by atoms with Gasteiger partial charge in [0, 0.05) is 13.1 Å². The molecule has 1 saturated carbocycles. The van der Waals surface area contributed by atoms with E-state index in [1.165, 1.54) is 4.90 Å². The minimum atomic E-state index is -0.896. The SMILES string of the molecule is N#C[C@@]12C[C@@H]1CN(C(=O)O)C2. The van der Waals surface area contributed by atoms with E-state index in [9.17, 15) is 4.79 Å². The first-order valence-electron chi connectivity index (χ1n) is 3.57. The summed E-state index contributed by atoms with van der Waals surface area (Å²) < 4.78 is 0. The average molecular weight is 152 g/mol. The van der Waals surface area contributed by atoms with E-state index in [0.717, 1.165) is 6.42 Å². The highest BCUT2D eigenvalue weighted by Gasteiger charge is 2.61. The van der Waals surface area contributed by atoms with Crippen LogP contribution in [0.25, 0.3) is 0 Å². The van der Waals surface area contributed by atoms with Crippen LogP contribution < -0.4 is 0 Å². The summed E-state index contributed by atoms with van der Waals surface area (Å²) in [6.45, 7) is 0.979. The molecule has 0 bridgehead atoms. The highest BCUT2D eigenvalue weighted by molar-refractivity contribution is 5.66. The summed E-state index contributed by atoms with van der Waals surface area (Å²) in [5.41, 5.74) is -0.293. The molecule has 4 nitrogen and oxygen atoms in total. The Morgan fingerprint density at radius 1 is 1.82 bits per heavy atom. The molecule has 0 aromatic rings. The maximum absolute atomic E-state index is 10.4. The topological polar surface area (TPSA) is 64.3 Å². The lowest BCUT2D eigenvalue weighted by Crippen LogP contribution is -2.29. The Kier molecular flexibility index (Phi) is 0.984. The first-order valence-corrected chi connectivity index (χ1v) is 3.57. The van der Waals surface area contributed by atoms with Gasteiger partial charge in [-0.05, 0) is 12.3 Å². The first-order chi connectivity index (χ1) is 5.18. The third-order valence-corrected chi connectivity index (χ3v) is 2.64. The van der Waals surface area contributed by atoms with Gasteiger partial charge in [0.05, 0.1) is 11.5 Å². The monoisotopic (exact) mass is 152 g/mol. The minimum absolute atomic E-state index is 0.293. The third kappa shape index (κ3) is 0.709. The predicted octanol–water partition coefficient (Wildman–Crippen LogP) is 0.510. The lowest BCUT2D eigenvalue weighted by molar-refractivity contribution is 0.149. The zero-order chi connectivity index (χ0) is 8.06. The molecule has 11 heavy (non-hydrogen) atoms. The third-order valence-electron chi connectivity index (χ3n) is 2.64. The predicted molar refractivity (Wildman–Crippen MR) is 35.8 cm³/mol. The first kappa shape index (κ1) is 6.47. The molecule has 1 saturated heterocycles. The second kappa shape index (κ2) is 1.67. The molecule has 0 aromatic heterocycles. The fourth-order valence-electron chi connectivity index (χ4n) is 1.80. The Balaban J connectivity index is 2.09. The maximum atomic E-state index is 10.4. The van der Waals surface area contributed by atoms with Gasteiger partial charge in [-0.2, -0.15) is 5.26 Å². The molecule has 2 atom stereocenters. The van der Waals surface area contributed by atoms with Gasteiger partial charge < -0.3 is 10.0 Å². The number of nitriles is 1. The number of piperidine rings is 1. The second-order valence-corrected chi connectivity index (χ2v) is 3.33. The van der Waals surface area contributed by atoms with Gasteiger partial charge in [-0.25, -0.2) is 4.79 Å². The number of carbonyl (C=O) groups is 1. The molecule has 2 rings (SSSR count). The molecule has 58 valence electrons. The quantitative estimate of drug-likeness (QED) is 0.550. The van der Waals surface area contributed by atoms with Gasteiger partial charge >= 0.3 is 6.09 Å². The van der Waals surface area contributed by atoms with Gasteiger partial charge in [-0.15, -0.1) is 0 Å². The summed E-state index contributed by atoms with van der Waals surface area (Å²) in [6.07, 6.45) is -0.000347. The van der Waals surface area contributed by atoms with Gasteiger partial charge in [0.25, 0.3) is 0 Å². The summed E-state index contributed by atoms with van der Waals surface area (Å²) in [6, 6.07) is 2.19. The Bertz CT molecular complexity index is 258. The fourth-order valence-corrected chi connectivity index (χ4v) is 1.80. The van der Waals surface area contributed by atoms with Gasteiger partial charge in [0.15, 0.2) is 0 Å². The van der Waals surface area contributed by atoms with E-state index < -0.39 is 6.09 Å². The fraction of sp³-hybridized carbons (Fsp3) is 0.714. The van der Waals surface area contributed by atoms with Gasteiger partial charge in [0.1, 0.15) is 0 Å². The molecule has 0 spiro atoms. The standard InChI is InChI=1S/C7H8N2O2/c8-3-7-1-5(7)2-9(4-7)6(10)11/h5H,1-2,4H2,(H,10,11)/t5-,7-/m1/s1. The molecule has 2 fully saturated rings. The van der Waals surface area contributed by atoms with Crippen molar-refractivity contribution in [3.63, 3.8) is 0 Å². The van der Waals surface area contributed by atoms with Crippen LogP contribution in [-0.4, -0.2) is 29.2 Å². The van der Waals surface area contributed by atoms with Crippen LogP contribution >= 0.6 is 0 Å². The molecule has 4 heteroatoms. The molecule has 1 heterocycles. The molecule has 0 radical (unpaired) electrons. The average Bonchev–Trinajstić information content (AvgIpc) is 2.55. The number of nitrogens with zero attached hydrogens (tertiary/aromatic N) is 2. The number of amides is 1. The highest BCUT2D eigenvalue weighted by atomic mass is 16.4. The van der Waals surface area contributed by atoms with Crippen LogP contribution in [0.2, 0.25) is 0 Å². The van der Waals surface area contributed by atoms with Crippen molar-refractivity contribution in [3.8, 4) is 6.07 Å². The molecule has 1 amide bonds. The lowest BCUT2D eigenvalue weighted by Gasteiger charge is -2.13. The van der Waals surface area contributed by atoms with Crippen molar-refractivity contribution in [2.24, 2.45) is 11.3 Å². The second-order valence-electron chi connectivity index (χ2n) is 3.33. The number of hydrogen-bond acceptors (Lipinski definition) is 2. The van der Waals surface area contributed by atoms with Crippen LogP contribution in [0.15, 0.2) is 0 Å². The molecule has 2 aliphatic rings. The van der Waals surface area contributed by atoms with E-state index in [4.69, 9.17) is 10.4 Å². The Morgan fingerprint density at radius 2 is 2.55 bits per heavy atom. The Labute approximate surface area is 64.0 Å². The van der Waals surface area contributed by atoms with Gasteiger partial charge in [-0.1, -0.05) is 0 Å². The van der Waals surface area contributed by atoms with E-state index in [0.29, 0.717) is 19.0 Å². The molecule has 0 unspecified atom stereocenters. The van der Waals surface area contributed by atoms with Crippen molar-refractivity contribution in [2.75, 3.05) is 13.1 Å². The number of fused-ring (bicyclic) bond motifs is 1. The molecule has 0 aromatic carbocycles. The molecule has 1 aliphatic carbocycles. The maximum Gasteiger partial charge on any atom is 0.407 e. The molecule has 1 N–H and O–H groups in total. The van der Waals surface area contributed by atoms with E-state index in [1.54, 1.807) is 0 Å². The van der Waals surface area contributed by atoms with E-state index in [-0.39, 0.29) is 5.41 Å². The van der Waals surface area contributed by atoms with E-state index in [2.05, 4.69) is 6.07 Å². The largest absolute Gasteiger partial charge is 0.465 e. The van der Waals surface area contributed by atoms with Crippen molar-refractivity contribution < 1.29 is 9.90 Å². The van der Waals surface area contributed by atoms with Crippen molar-refractivity contribution in [1.29, 1.82) is 5.26 Å². The number of rotatable bonds is 0. The summed E-state index contributed by atoms with van der Waals surface area (Å²) in [5, 5.41) is 17.3. The van der Waals surface area contributed by atoms with Crippen LogP contribution in [-0.2, 0) is 0 Å². The molecular weight excluding hydrogens is 144 g/mol. The van der Waals surface area contributed by atoms with Crippen molar-refractivity contribution in [1.82, 2.24) is 4.90 Å². The number of hydrogen-bond donors (Lipinski definition) is 1. The van der Waals surface area contributed by atoms with E-state index in [1.807, 2.05) is 0 Å². The number of carboxylic acid groups (broad SMARTS) is 1. The van der Waals surface area contributed by atoms with Crippen LogP contribution in [0.1, 0.15) is 6.42 Å². The molecule has 1 aliphatic heterocycles. The summed E-state index contributed by atoms with van der Waals surface area (Å²) >= 11 is 0. The van der Waals surface area contributed by atoms with Crippen LogP contribution in [0.3, 0.4) is 0 Å². The normalized spacial score (nSPS) is 39.5. The molecular formula is C7H8N2O2. The Hall–Kier alpha value is -1.24. The smallest absolute Gasteiger partial charge is 0.407 e. The zero-order valence-corrected chi connectivity index (χ0v) is 5.95. The summed E-state index contributed by atoms with van der Waals surface area (Å²) in [7, 11) is 0. The van der Waals surface area contributed by atoms with Crippen molar-refractivity contribution >= 4 is 6.09 Å². The van der Waals surface area contributed by atoms with Crippen LogP contribution in [0, 0.1) is 22.7 Å². The van der Waals surface area contributed by atoms with Gasteiger partial charge in [-0.3, -0.25) is 0 Å². The van der Waals surface area contributed by atoms with Crippen molar-refractivity contribution in [2.45, 2.75) is 6.42 Å². The van der Waals surface area contributed by atoms with E-state index >= 15 is 0 Å². The lowest BCUT2D eigenvalue weighted by atomic mass is 10.1.